The van der Waals surface area contributed by atoms with Crippen LogP contribution in [0.2, 0.25) is 0 Å². The summed E-state index contributed by atoms with van der Waals surface area (Å²) in [6.45, 7) is 7.90. The monoisotopic (exact) mass is 260 g/mol. The second-order valence-corrected chi connectivity index (χ2v) is 4.93. The molecule has 0 aromatic heterocycles. The summed E-state index contributed by atoms with van der Waals surface area (Å²) in [4.78, 5) is 22.2. The van der Waals surface area contributed by atoms with Gasteiger partial charge in [-0.25, -0.2) is 4.79 Å². The Bertz CT molecular complexity index is 255. The number of carbonyl (C=O) groups is 2. The van der Waals surface area contributed by atoms with Crippen LogP contribution in [0.1, 0.15) is 53.4 Å². The van der Waals surface area contributed by atoms with Gasteiger partial charge >= 0.3 is 12.1 Å². The van der Waals surface area contributed by atoms with Crippen molar-refractivity contribution in [2.75, 3.05) is 13.2 Å². The molecule has 0 spiro atoms. The molecule has 0 N–H and O–H groups in total. The van der Waals surface area contributed by atoms with E-state index in [0.29, 0.717) is 19.6 Å². The molecule has 0 aromatic carbocycles. The minimum Gasteiger partial charge on any atom is -0.460 e. The van der Waals surface area contributed by atoms with E-state index in [2.05, 4.69) is 4.74 Å². The van der Waals surface area contributed by atoms with E-state index in [1.165, 1.54) is 0 Å². The third-order valence-corrected chi connectivity index (χ3v) is 1.93. The van der Waals surface area contributed by atoms with Gasteiger partial charge in [-0.15, -0.1) is 0 Å². The van der Waals surface area contributed by atoms with Crippen molar-refractivity contribution in [3.63, 3.8) is 0 Å². The summed E-state index contributed by atoms with van der Waals surface area (Å²) in [7, 11) is 0. The maximum atomic E-state index is 11.4. The van der Waals surface area contributed by atoms with Crippen molar-refractivity contribution in [1.29, 1.82) is 0 Å². The minimum atomic E-state index is -0.635. The van der Waals surface area contributed by atoms with E-state index < -0.39 is 11.8 Å². The summed E-state index contributed by atoms with van der Waals surface area (Å²) in [6, 6.07) is 0. The number of unbranched alkanes of at least 4 members (excludes halogenated alkanes) is 2. The normalized spacial score (nSPS) is 10.9. The van der Waals surface area contributed by atoms with Crippen molar-refractivity contribution in [3.05, 3.63) is 0 Å². The molecule has 18 heavy (non-hydrogen) atoms. The Balaban J connectivity index is 3.41. The summed E-state index contributed by atoms with van der Waals surface area (Å²) in [5, 5.41) is 0. The van der Waals surface area contributed by atoms with Gasteiger partial charge in [-0.2, -0.15) is 0 Å². The lowest BCUT2D eigenvalue weighted by atomic mass is 10.1. The van der Waals surface area contributed by atoms with Gasteiger partial charge in [-0.1, -0.05) is 0 Å². The predicted molar refractivity (Wildman–Crippen MR) is 67.3 cm³/mol. The molecule has 0 amide bonds. The first kappa shape index (κ1) is 16.7. The number of hydrogen-bond donors (Lipinski definition) is 0. The zero-order chi connectivity index (χ0) is 14.0. The molecule has 0 aliphatic rings. The van der Waals surface area contributed by atoms with Crippen molar-refractivity contribution in [1.82, 2.24) is 0 Å². The first-order valence-corrected chi connectivity index (χ1v) is 6.36. The van der Waals surface area contributed by atoms with Gasteiger partial charge in [0.15, 0.2) is 0 Å². The van der Waals surface area contributed by atoms with Crippen molar-refractivity contribution in [2.24, 2.45) is 0 Å². The lowest BCUT2D eigenvalue weighted by Gasteiger charge is -2.19. The molecule has 0 heterocycles. The molecule has 0 atom stereocenters. The molecule has 0 aliphatic heterocycles. The average Bonchev–Trinajstić information content (AvgIpc) is 2.21. The Morgan fingerprint density at radius 2 is 1.67 bits per heavy atom. The first-order valence-electron chi connectivity index (χ1n) is 6.36. The third kappa shape index (κ3) is 11.2. The molecule has 0 bridgehead atoms. The van der Waals surface area contributed by atoms with Crippen molar-refractivity contribution >= 4 is 12.1 Å². The van der Waals surface area contributed by atoms with E-state index in [4.69, 9.17) is 9.47 Å². The molecule has 0 radical (unpaired) electrons. The van der Waals surface area contributed by atoms with E-state index >= 15 is 0 Å². The molecular formula is C13H24O5. The lowest BCUT2D eigenvalue weighted by Crippen LogP contribution is -2.23. The van der Waals surface area contributed by atoms with Crippen LogP contribution in [-0.2, 0) is 19.0 Å². The SMILES string of the molecule is CCOC(=O)OCCCCCC(=O)OC(C)(C)C. The van der Waals surface area contributed by atoms with Crippen LogP contribution >= 0.6 is 0 Å². The van der Waals surface area contributed by atoms with Crippen LogP contribution in [0, 0.1) is 0 Å². The Morgan fingerprint density at radius 1 is 1.00 bits per heavy atom. The smallest absolute Gasteiger partial charge is 0.460 e. The van der Waals surface area contributed by atoms with Gasteiger partial charge in [0, 0.05) is 6.42 Å². The highest BCUT2D eigenvalue weighted by Gasteiger charge is 2.15. The maximum Gasteiger partial charge on any atom is 0.508 e. The molecule has 0 saturated carbocycles. The van der Waals surface area contributed by atoms with Crippen LogP contribution in [0.4, 0.5) is 4.79 Å². The molecule has 5 nitrogen and oxygen atoms in total. The highest BCUT2D eigenvalue weighted by Crippen LogP contribution is 2.10. The molecular weight excluding hydrogens is 236 g/mol. The second kappa shape index (κ2) is 8.78. The molecule has 0 aliphatic carbocycles. The molecule has 0 fully saturated rings. The van der Waals surface area contributed by atoms with Gasteiger partial charge < -0.3 is 14.2 Å². The number of esters is 1. The van der Waals surface area contributed by atoms with E-state index in [9.17, 15) is 9.59 Å². The molecule has 0 saturated heterocycles. The Morgan fingerprint density at radius 3 is 2.22 bits per heavy atom. The largest absolute Gasteiger partial charge is 0.508 e. The standard InChI is InChI=1S/C13H24O5/c1-5-16-12(15)17-10-8-6-7-9-11(14)18-13(2,3)4/h5-10H2,1-4H3. The van der Waals surface area contributed by atoms with Gasteiger partial charge in [0.1, 0.15) is 5.60 Å². The van der Waals surface area contributed by atoms with Crippen molar-refractivity contribution in [3.8, 4) is 0 Å². The van der Waals surface area contributed by atoms with Crippen LogP contribution in [-0.4, -0.2) is 30.9 Å². The molecule has 0 aromatic rings. The van der Waals surface area contributed by atoms with E-state index in [1.54, 1.807) is 6.92 Å². The van der Waals surface area contributed by atoms with Crippen LogP contribution in [0.25, 0.3) is 0 Å². The summed E-state index contributed by atoms with van der Waals surface area (Å²) >= 11 is 0. The third-order valence-electron chi connectivity index (χ3n) is 1.93. The summed E-state index contributed by atoms with van der Waals surface area (Å²) in [5.41, 5.74) is -0.426. The number of hydrogen-bond acceptors (Lipinski definition) is 5. The fraction of sp³-hybridized carbons (Fsp3) is 0.846. The molecule has 5 heteroatoms. The minimum absolute atomic E-state index is 0.186. The number of carbonyl (C=O) groups excluding carboxylic acids is 2. The number of ether oxygens (including phenoxy) is 3. The topological polar surface area (TPSA) is 61.8 Å². The van der Waals surface area contributed by atoms with Crippen molar-refractivity contribution in [2.45, 2.75) is 59.0 Å². The zero-order valence-corrected chi connectivity index (χ0v) is 11.8. The Labute approximate surface area is 109 Å². The summed E-state index contributed by atoms with van der Waals surface area (Å²) in [5.74, 6) is -0.186. The van der Waals surface area contributed by atoms with Crippen LogP contribution in [0.3, 0.4) is 0 Å². The second-order valence-electron chi connectivity index (χ2n) is 4.93. The van der Waals surface area contributed by atoms with E-state index in [-0.39, 0.29) is 5.97 Å². The summed E-state index contributed by atoms with van der Waals surface area (Å²) < 4.78 is 14.6. The maximum absolute atomic E-state index is 11.4. The lowest BCUT2D eigenvalue weighted by molar-refractivity contribution is -0.154. The quantitative estimate of drug-likeness (QED) is 0.520. The van der Waals surface area contributed by atoms with Crippen LogP contribution in [0.15, 0.2) is 0 Å². The fourth-order valence-corrected chi connectivity index (χ4v) is 1.26. The highest BCUT2D eigenvalue weighted by atomic mass is 16.7. The Hall–Kier alpha value is -1.26. The van der Waals surface area contributed by atoms with Crippen molar-refractivity contribution < 1.29 is 23.8 Å². The molecule has 106 valence electrons. The van der Waals surface area contributed by atoms with E-state index in [1.807, 2.05) is 20.8 Å². The van der Waals surface area contributed by atoms with Crippen LogP contribution < -0.4 is 0 Å². The predicted octanol–water partition coefficient (Wildman–Crippen LogP) is 3.06. The van der Waals surface area contributed by atoms with E-state index in [0.717, 1.165) is 19.3 Å². The van der Waals surface area contributed by atoms with Gasteiger partial charge in [0.05, 0.1) is 13.2 Å². The van der Waals surface area contributed by atoms with Gasteiger partial charge in [0.2, 0.25) is 0 Å². The molecule has 0 rings (SSSR count). The summed E-state index contributed by atoms with van der Waals surface area (Å²) in [6.07, 6.45) is 2.04. The fourth-order valence-electron chi connectivity index (χ4n) is 1.26. The highest BCUT2D eigenvalue weighted by molar-refractivity contribution is 5.69. The Kier molecular flexibility index (Phi) is 8.16. The zero-order valence-electron chi connectivity index (χ0n) is 11.8. The van der Waals surface area contributed by atoms with Gasteiger partial charge in [-0.3, -0.25) is 4.79 Å². The first-order chi connectivity index (χ1) is 8.35. The van der Waals surface area contributed by atoms with Crippen LogP contribution in [0.5, 0.6) is 0 Å². The molecule has 0 unspecified atom stereocenters. The van der Waals surface area contributed by atoms with Gasteiger partial charge in [0.25, 0.3) is 0 Å². The number of rotatable bonds is 7. The van der Waals surface area contributed by atoms with Gasteiger partial charge in [-0.05, 0) is 47.0 Å². The average molecular weight is 260 g/mol.